The molecule has 3 rings (SSSR count). The van der Waals surface area contributed by atoms with Gasteiger partial charge in [-0.3, -0.25) is 9.59 Å². The average Bonchev–Trinajstić information content (AvgIpc) is 2.64. The summed E-state index contributed by atoms with van der Waals surface area (Å²) in [5.41, 5.74) is 5.66. The normalized spacial score (nSPS) is 15.8. The third kappa shape index (κ3) is 4.49. The molecule has 3 N–H and O–H groups in total. The van der Waals surface area contributed by atoms with Crippen molar-refractivity contribution in [1.29, 1.82) is 0 Å². The topological polar surface area (TPSA) is 62.6 Å². The molecule has 1 aliphatic heterocycles. The average molecular weight is 352 g/mol. The third-order valence-corrected chi connectivity index (χ3v) is 5.04. The largest absolute Gasteiger partial charge is 0.342 e. The van der Waals surface area contributed by atoms with E-state index < -0.39 is 0 Å². The minimum absolute atomic E-state index is 0.00389. The minimum atomic E-state index is -0.203. The zero-order valence-corrected chi connectivity index (χ0v) is 15.4. The lowest BCUT2D eigenvalue weighted by atomic mass is 10.00. The van der Waals surface area contributed by atoms with E-state index in [1.54, 1.807) is 0 Å². The van der Waals surface area contributed by atoms with Crippen molar-refractivity contribution in [2.45, 2.75) is 26.8 Å². The maximum Gasteiger partial charge on any atom is 0.275 e. The van der Waals surface area contributed by atoms with Crippen LogP contribution in [0.2, 0.25) is 0 Å². The first kappa shape index (κ1) is 18.1. The number of benzene rings is 2. The summed E-state index contributed by atoms with van der Waals surface area (Å²) in [4.78, 5) is 25.5. The van der Waals surface area contributed by atoms with E-state index in [1.807, 2.05) is 38.1 Å². The minimum Gasteiger partial charge on any atom is -0.342 e. The zero-order chi connectivity index (χ0) is 18.5. The Morgan fingerprint density at radius 1 is 1.00 bits per heavy atom. The Labute approximate surface area is 154 Å². The molecule has 1 heterocycles. The molecule has 0 aromatic heterocycles. The Hall–Kier alpha value is -2.66. The maximum atomic E-state index is 12.2. The first-order valence-corrected chi connectivity index (χ1v) is 9.06. The highest BCUT2D eigenvalue weighted by Gasteiger charge is 2.21. The summed E-state index contributed by atoms with van der Waals surface area (Å²) in [7, 11) is 0. The predicted molar refractivity (Wildman–Crippen MR) is 102 cm³/mol. The summed E-state index contributed by atoms with van der Waals surface area (Å²) in [5.74, 6) is -0.290. The molecule has 0 saturated carbocycles. The molecule has 0 fully saturated rings. The molecule has 0 bridgehead atoms. The molecule has 5 nitrogen and oxygen atoms in total. The molecule has 5 heteroatoms. The lowest BCUT2D eigenvalue weighted by Gasteiger charge is -2.25. The fraction of sp³-hybridized carbons (Fsp3) is 0.333. The van der Waals surface area contributed by atoms with Crippen molar-refractivity contribution in [3.05, 3.63) is 64.7 Å². The lowest BCUT2D eigenvalue weighted by Crippen LogP contribution is -3.12. The van der Waals surface area contributed by atoms with Gasteiger partial charge in [0.2, 0.25) is 5.91 Å². The van der Waals surface area contributed by atoms with Crippen LogP contribution >= 0.6 is 0 Å². The fourth-order valence-electron chi connectivity index (χ4n) is 3.34. The second-order valence-corrected chi connectivity index (χ2v) is 6.94. The van der Waals surface area contributed by atoms with Gasteiger partial charge >= 0.3 is 0 Å². The van der Waals surface area contributed by atoms with Gasteiger partial charge in [-0.05, 0) is 36.6 Å². The number of nitrogens with one attached hydrogen (secondary N) is 3. The first-order chi connectivity index (χ1) is 12.5. The van der Waals surface area contributed by atoms with Gasteiger partial charge in [-0.2, -0.15) is 0 Å². The molecule has 2 aromatic rings. The van der Waals surface area contributed by atoms with Crippen LogP contribution in [-0.4, -0.2) is 31.4 Å². The fourth-order valence-corrected chi connectivity index (χ4v) is 3.34. The number of amides is 2. The van der Waals surface area contributed by atoms with Crippen molar-refractivity contribution in [2.75, 3.05) is 25.0 Å². The van der Waals surface area contributed by atoms with Crippen LogP contribution in [0.4, 0.5) is 5.69 Å². The van der Waals surface area contributed by atoms with Gasteiger partial charge in [0.15, 0.2) is 6.54 Å². The molecule has 1 aliphatic rings. The van der Waals surface area contributed by atoms with Crippen LogP contribution in [0.1, 0.15) is 22.3 Å². The predicted octanol–water partition coefficient (Wildman–Crippen LogP) is 0.999. The van der Waals surface area contributed by atoms with E-state index in [1.165, 1.54) is 16.0 Å². The van der Waals surface area contributed by atoms with Crippen molar-refractivity contribution in [2.24, 2.45) is 0 Å². The molecule has 136 valence electrons. The summed E-state index contributed by atoms with van der Waals surface area (Å²) >= 11 is 0. The summed E-state index contributed by atoms with van der Waals surface area (Å²) in [6.45, 7) is 6.17. The molecule has 0 spiro atoms. The number of carbonyl (C=O) groups is 2. The van der Waals surface area contributed by atoms with Crippen LogP contribution in [0.3, 0.4) is 0 Å². The Kier molecular flexibility index (Phi) is 5.68. The SMILES string of the molecule is Cc1cccc(NC(=O)CNC(=O)C[NH+]2CCc3ccccc3C2)c1C. The van der Waals surface area contributed by atoms with E-state index in [0.717, 1.165) is 36.3 Å². The number of rotatable bonds is 5. The molecule has 1 atom stereocenters. The van der Waals surface area contributed by atoms with Crippen LogP contribution in [0.5, 0.6) is 0 Å². The van der Waals surface area contributed by atoms with Crippen LogP contribution in [-0.2, 0) is 22.6 Å². The van der Waals surface area contributed by atoms with E-state index in [-0.39, 0.29) is 18.4 Å². The van der Waals surface area contributed by atoms with Crippen molar-refractivity contribution < 1.29 is 14.5 Å². The number of hydrogen-bond donors (Lipinski definition) is 3. The van der Waals surface area contributed by atoms with Gasteiger partial charge in [0.25, 0.3) is 5.91 Å². The quantitative estimate of drug-likeness (QED) is 0.752. The van der Waals surface area contributed by atoms with Gasteiger partial charge in [0.05, 0.1) is 13.1 Å². The summed E-state index contributed by atoms with van der Waals surface area (Å²) in [5, 5.41) is 5.60. The van der Waals surface area contributed by atoms with Gasteiger partial charge in [-0.25, -0.2) is 0 Å². The van der Waals surface area contributed by atoms with Crippen molar-refractivity contribution in [3.8, 4) is 0 Å². The van der Waals surface area contributed by atoms with Crippen molar-refractivity contribution in [1.82, 2.24) is 5.32 Å². The summed E-state index contributed by atoms with van der Waals surface area (Å²) < 4.78 is 0. The Morgan fingerprint density at radius 3 is 2.58 bits per heavy atom. The molecule has 0 saturated heterocycles. The first-order valence-electron chi connectivity index (χ1n) is 9.06. The number of quaternary nitrogens is 1. The van der Waals surface area contributed by atoms with Gasteiger partial charge in [0.1, 0.15) is 6.54 Å². The van der Waals surface area contributed by atoms with Crippen LogP contribution in [0, 0.1) is 13.8 Å². The Bertz CT molecular complexity index is 817. The molecule has 26 heavy (non-hydrogen) atoms. The van der Waals surface area contributed by atoms with Gasteiger partial charge in [-0.15, -0.1) is 0 Å². The Balaban J connectivity index is 1.46. The van der Waals surface area contributed by atoms with Gasteiger partial charge in [-0.1, -0.05) is 36.4 Å². The second-order valence-electron chi connectivity index (χ2n) is 6.94. The number of aryl methyl sites for hydroxylation is 1. The molecular formula is C21H26N3O2+. The number of carbonyl (C=O) groups excluding carboxylic acids is 2. The third-order valence-electron chi connectivity index (χ3n) is 5.04. The molecule has 2 amide bonds. The van der Waals surface area contributed by atoms with Gasteiger partial charge < -0.3 is 15.5 Å². The summed E-state index contributed by atoms with van der Waals surface area (Å²) in [6, 6.07) is 14.2. The number of fused-ring (bicyclic) bond motifs is 1. The highest BCUT2D eigenvalue weighted by molar-refractivity contribution is 5.95. The van der Waals surface area contributed by atoms with E-state index in [0.29, 0.717) is 6.54 Å². The van der Waals surface area contributed by atoms with Crippen LogP contribution in [0.25, 0.3) is 0 Å². The lowest BCUT2D eigenvalue weighted by molar-refractivity contribution is -0.908. The molecule has 2 aromatic carbocycles. The zero-order valence-electron chi connectivity index (χ0n) is 15.4. The molecule has 0 aliphatic carbocycles. The van der Waals surface area contributed by atoms with E-state index in [9.17, 15) is 9.59 Å². The molecule has 1 unspecified atom stereocenters. The number of hydrogen-bond acceptors (Lipinski definition) is 2. The maximum absolute atomic E-state index is 12.2. The van der Waals surface area contributed by atoms with Crippen LogP contribution < -0.4 is 15.5 Å². The van der Waals surface area contributed by atoms with E-state index >= 15 is 0 Å². The smallest absolute Gasteiger partial charge is 0.275 e. The monoisotopic (exact) mass is 352 g/mol. The van der Waals surface area contributed by atoms with E-state index in [4.69, 9.17) is 0 Å². The van der Waals surface area contributed by atoms with Gasteiger partial charge in [0, 0.05) is 17.7 Å². The molecule has 0 radical (unpaired) electrons. The van der Waals surface area contributed by atoms with Crippen molar-refractivity contribution in [3.63, 3.8) is 0 Å². The number of anilines is 1. The highest BCUT2D eigenvalue weighted by Crippen LogP contribution is 2.17. The Morgan fingerprint density at radius 2 is 1.77 bits per heavy atom. The second kappa shape index (κ2) is 8.15. The highest BCUT2D eigenvalue weighted by atomic mass is 16.2. The summed E-state index contributed by atoms with van der Waals surface area (Å²) in [6.07, 6.45) is 0.992. The molecular weight excluding hydrogens is 326 g/mol. The standard InChI is InChI=1S/C21H25N3O2/c1-15-6-5-9-19(16(15)2)23-20(25)12-22-21(26)14-24-11-10-17-7-3-4-8-18(17)13-24/h3-9H,10-14H2,1-2H3,(H,22,26)(H,23,25)/p+1. The van der Waals surface area contributed by atoms with Crippen molar-refractivity contribution >= 4 is 17.5 Å². The van der Waals surface area contributed by atoms with Crippen LogP contribution in [0.15, 0.2) is 42.5 Å². The van der Waals surface area contributed by atoms with E-state index in [2.05, 4.69) is 28.8 Å².